The standard InChI is InChI=1S/C19H20ClN3O3S2/c1-3-4-11-23(2)28(25,26)15-8-5-13(6-9-15)18(24)22-19-21-16-10-7-14(20)12-17(16)27-19/h5-10,12H,3-4,11H2,1-2H3,(H,21,22,24). The number of unbranched alkanes of at least 4 members (excludes halogenated alkanes) is 1. The lowest BCUT2D eigenvalue weighted by molar-refractivity contribution is 0.102. The van der Waals surface area contributed by atoms with Gasteiger partial charge in [-0.15, -0.1) is 0 Å². The van der Waals surface area contributed by atoms with Crippen LogP contribution in [-0.4, -0.2) is 37.2 Å². The van der Waals surface area contributed by atoms with Crippen LogP contribution in [0.2, 0.25) is 5.02 Å². The summed E-state index contributed by atoms with van der Waals surface area (Å²) in [6, 6.07) is 11.2. The zero-order valence-electron chi connectivity index (χ0n) is 15.5. The van der Waals surface area contributed by atoms with E-state index in [1.54, 1.807) is 25.2 Å². The van der Waals surface area contributed by atoms with E-state index in [1.807, 2.05) is 6.92 Å². The van der Waals surface area contributed by atoms with E-state index in [2.05, 4.69) is 10.3 Å². The van der Waals surface area contributed by atoms with Crippen molar-refractivity contribution in [1.82, 2.24) is 9.29 Å². The monoisotopic (exact) mass is 437 g/mol. The molecule has 1 heterocycles. The zero-order chi connectivity index (χ0) is 20.3. The number of aromatic nitrogens is 1. The summed E-state index contributed by atoms with van der Waals surface area (Å²) >= 11 is 7.29. The molecule has 3 aromatic rings. The van der Waals surface area contributed by atoms with Gasteiger partial charge in [0.2, 0.25) is 10.0 Å². The van der Waals surface area contributed by atoms with E-state index in [1.165, 1.54) is 39.9 Å². The summed E-state index contributed by atoms with van der Waals surface area (Å²) in [5.74, 6) is -0.353. The molecule has 28 heavy (non-hydrogen) atoms. The van der Waals surface area contributed by atoms with Crippen molar-refractivity contribution >= 4 is 54.2 Å². The van der Waals surface area contributed by atoms with Gasteiger partial charge in [0.05, 0.1) is 15.1 Å². The fraction of sp³-hybridized carbons (Fsp3) is 0.263. The minimum atomic E-state index is -3.56. The molecule has 0 aliphatic carbocycles. The second kappa shape index (κ2) is 8.57. The van der Waals surface area contributed by atoms with E-state index >= 15 is 0 Å². The molecule has 0 saturated carbocycles. The van der Waals surface area contributed by atoms with Gasteiger partial charge < -0.3 is 0 Å². The lowest BCUT2D eigenvalue weighted by atomic mass is 10.2. The van der Waals surface area contributed by atoms with Gasteiger partial charge in [-0.1, -0.05) is 36.3 Å². The molecule has 9 heteroatoms. The number of nitrogens with zero attached hydrogens (tertiary/aromatic N) is 2. The number of benzene rings is 2. The summed E-state index contributed by atoms with van der Waals surface area (Å²) in [6.07, 6.45) is 1.71. The Morgan fingerprint density at radius 3 is 2.61 bits per heavy atom. The maximum atomic E-state index is 12.5. The number of hydrogen-bond acceptors (Lipinski definition) is 5. The van der Waals surface area contributed by atoms with Crippen LogP contribution in [0.15, 0.2) is 47.4 Å². The van der Waals surface area contributed by atoms with Crippen molar-refractivity contribution in [3.63, 3.8) is 0 Å². The average Bonchev–Trinajstić information content (AvgIpc) is 3.07. The van der Waals surface area contributed by atoms with E-state index < -0.39 is 10.0 Å². The molecular weight excluding hydrogens is 418 g/mol. The number of halogens is 1. The van der Waals surface area contributed by atoms with Gasteiger partial charge >= 0.3 is 0 Å². The predicted octanol–water partition coefficient (Wildman–Crippen LogP) is 4.62. The second-order valence-electron chi connectivity index (χ2n) is 6.29. The number of nitrogens with one attached hydrogen (secondary N) is 1. The third kappa shape index (κ3) is 4.52. The van der Waals surface area contributed by atoms with Crippen LogP contribution in [0, 0.1) is 0 Å². The number of carbonyl (C=O) groups is 1. The summed E-state index contributed by atoms with van der Waals surface area (Å²) < 4.78 is 27.3. The van der Waals surface area contributed by atoms with E-state index in [0.29, 0.717) is 22.3 Å². The van der Waals surface area contributed by atoms with Gasteiger partial charge in [0, 0.05) is 24.2 Å². The van der Waals surface area contributed by atoms with Crippen LogP contribution in [0.5, 0.6) is 0 Å². The molecule has 0 aliphatic rings. The molecule has 1 aromatic heterocycles. The highest BCUT2D eigenvalue weighted by atomic mass is 35.5. The summed E-state index contributed by atoms with van der Waals surface area (Å²) in [4.78, 5) is 17.0. The summed E-state index contributed by atoms with van der Waals surface area (Å²) in [5.41, 5.74) is 1.11. The van der Waals surface area contributed by atoms with E-state index in [0.717, 1.165) is 23.1 Å². The van der Waals surface area contributed by atoms with Crippen LogP contribution in [-0.2, 0) is 10.0 Å². The molecular formula is C19H20ClN3O3S2. The summed E-state index contributed by atoms with van der Waals surface area (Å²) in [7, 11) is -1.99. The first-order valence-corrected chi connectivity index (χ1v) is 11.4. The van der Waals surface area contributed by atoms with Crippen molar-refractivity contribution in [2.24, 2.45) is 0 Å². The maximum Gasteiger partial charge on any atom is 0.257 e. The number of sulfonamides is 1. The maximum absolute atomic E-state index is 12.5. The van der Waals surface area contributed by atoms with Gasteiger partial charge in [-0.05, 0) is 48.9 Å². The smallest absolute Gasteiger partial charge is 0.257 e. The first kappa shape index (κ1) is 20.7. The third-order valence-electron chi connectivity index (χ3n) is 4.22. The molecule has 0 unspecified atom stereocenters. The average molecular weight is 438 g/mol. The molecule has 0 saturated heterocycles. The normalized spacial score (nSPS) is 11.9. The lowest BCUT2D eigenvalue weighted by Crippen LogP contribution is -2.28. The number of thiazole rings is 1. The quantitative estimate of drug-likeness (QED) is 0.584. The SMILES string of the molecule is CCCCN(C)S(=O)(=O)c1ccc(C(=O)Nc2nc3ccc(Cl)cc3s2)cc1. The number of carbonyl (C=O) groups excluding carboxylic acids is 1. The van der Waals surface area contributed by atoms with Gasteiger partial charge in [-0.2, -0.15) is 0 Å². The Morgan fingerprint density at radius 2 is 1.93 bits per heavy atom. The van der Waals surface area contributed by atoms with Crippen molar-refractivity contribution in [2.75, 3.05) is 18.9 Å². The van der Waals surface area contributed by atoms with E-state index in [9.17, 15) is 13.2 Å². The Morgan fingerprint density at radius 1 is 1.21 bits per heavy atom. The predicted molar refractivity (Wildman–Crippen MR) is 114 cm³/mol. The molecule has 3 rings (SSSR count). The Bertz CT molecular complexity index is 1100. The Labute approximate surface area is 173 Å². The van der Waals surface area contributed by atoms with E-state index in [-0.39, 0.29) is 10.8 Å². The largest absolute Gasteiger partial charge is 0.298 e. The molecule has 2 aromatic carbocycles. The van der Waals surface area contributed by atoms with Gasteiger partial charge in [-0.3, -0.25) is 10.1 Å². The van der Waals surface area contributed by atoms with Crippen LogP contribution in [0.3, 0.4) is 0 Å². The van der Waals surface area contributed by atoms with Crippen molar-refractivity contribution < 1.29 is 13.2 Å². The van der Waals surface area contributed by atoms with Crippen LogP contribution < -0.4 is 5.32 Å². The molecule has 0 fully saturated rings. The number of anilines is 1. The fourth-order valence-electron chi connectivity index (χ4n) is 2.58. The molecule has 1 amide bonds. The minimum absolute atomic E-state index is 0.164. The molecule has 0 bridgehead atoms. The second-order valence-corrected chi connectivity index (χ2v) is 9.80. The Hall–Kier alpha value is -2.00. The number of amides is 1. The molecule has 0 spiro atoms. The Balaban J connectivity index is 1.74. The van der Waals surface area contributed by atoms with Crippen LogP contribution >= 0.6 is 22.9 Å². The van der Waals surface area contributed by atoms with Crippen LogP contribution in [0.4, 0.5) is 5.13 Å². The van der Waals surface area contributed by atoms with Crippen molar-refractivity contribution in [1.29, 1.82) is 0 Å². The molecule has 0 radical (unpaired) electrons. The van der Waals surface area contributed by atoms with Crippen molar-refractivity contribution in [3.8, 4) is 0 Å². The van der Waals surface area contributed by atoms with Gasteiger partial charge in [0.15, 0.2) is 5.13 Å². The summed E-state index contributed by atoms with van der Waals surface area (Å²) in [5, 5.41) is 3.80. The van der Waals surface area contributed by atoms with Crippen LogP contribution in [0.25, 0.3) is 10.2 Å². The topological polar surface area (TPSA) is 79.4 Å². The van der Waals surface area contributed by atoms with Gasteiger partial charge in [-0.25, -0.2) is 17.7 Å². The first-order valence-electron chi connectivity index (χ1n) is 8.75. The molecule has 1 N–H and O–H groups in total. The zero-order valence-corrected chi connectivity index (χ0v) is 17.9. The summed E-state index contributed by atoms with van der Waals surface area (Å²) in [6.45, 7) is 2.47. The minimum Gasteiger partial charge on any atom is -0.298 e. The highest BCUT2D eigenvalue weighted by Crippen LogP contribution is 2.28. The fourth-order valence-corrected chi connectivity index (χ4v) is 4.93. The van der Waals surface area contributed by atoms with Gasteiger partial charge in [0.1, 0.15) is 0 Å². The number of hydrogen-bond donors (Lipinski definition) is 1. The lowest BCUT2D eigenvalue weighted by Gasteiger charge is -2.16. The molecule has 0 aliphatic heterocycles. The van der Waals surface area contributed by atoms with Crippen molar-refractivity contribution in [2.45, 2.75) is 24.7 Å². The number of rotatable bonds is 7. The van der Waals surface area contributed by atoms with Gasteiger partial charge in [0.25, 0.3) is 5.91 Å². The first-order chi connectivity index (χ1) is 13.3. The van der Waals surface area contributed by atoms with Crippen molar-refractivity contribution in [3.05, 3.63) is 53.1 Å². The number of fused-ring (bicyclic) bond motifs is 1. The van der Waals surface area contributed by atoms with Crippen LogP contribution in [0.1, 0.15) is 30.1 Å². The van der Waals surface area contributed by atoms with E-state index in [4.69, 9.17) is 11.6 Å². The highest BCUT2D eigenvalue weighted by molar-refractivity contribution is 7.89. The Kier molecular flexibility index (Phi) is 6.34. The molecule has 148 valence electrons. The molecule has 0 atom stereocenters. The highest BCUT2D eigenvalue weighted by Gasteiger charge is 2.20. The molecule has 6 nitrogen and oxygen atoms in total. The third-order valence-corrected chi connectivity index (χ3v) is 7.26.